The van der Waals surface area contributed by atoms with Crippen molar-refractivity contribution in [3.05, 3.63) is 121 Å². The lowest BCUT2D eigenvalue weighted by Crippen LogP contribution is -1.99. The summed E-state index contributed by atoms with van der Waals surface area (Å²) < 4.78 is 4.96. The monoisotopic (exact) mass is 494 g/mol. The molecule has 7 rings (SSSR count). The van der Waals surface area contributed by atoms with Crippen molar-refractivity contribution in [3.8, 4) is 28.2 Å². The third-order valence-corrected chi connectivity index (χ3v) is 8.39. The first-order valence-electron chi connectivity index (χ1n) is 12.8. The molecule has 2 heterocycles. The Morgan fingerprint density at radius 1 is 0.676 bits per heavy atom. The molecular weight excluding hydrogens is 468 g/mol. The summed E-state index contributed by atoms with van der Waals surface area (Å²) in [5.74, 6) is 1.37. The summed E-state index contributed by atoms with van der Waals surface area (Å²) in [5, 5.41) is 2.65. The van der Waals surface area contributed by atoms with Crippen molar-refractivity contribution in [2.75, 3.05) is 0 Å². The lowest BCUT2D eigenvalue weighted by atomic mass is 9.93. The number of fused-ring (bicyclic) bond motifs is 4. The zero-order valence-electron chi connectivity index (χ0n) is 20.8. The van der Waals surface area contributed by atoms with Gasteiger partial charge in [-0.2, -0.15) is 0 Å². The smallest absolute Gasteiger partial charge is 0.145 e. The Balaban J connectivity index is 1.51. The number of rotatable bonds is 4. The Morgan fingerprint density at radius 2 is 1.41 bits per heavy atom. The molecule has 0 aliphatic heterocycles. The van der Waals surface area contributed by atoms with Gasteiger partial charge in [0.15, 0.2) is 0 Å². The molecule has 2 aromatic heterocycles. The largest absolute Gasteiger partial charge is 0.292 e. The summed E-state index contributed by atoms with van der Waals surface area (Å²) in [5.41, 5.74) is 8.22. The zero-order valence-corrected chi connectivity index (χ0v) is 21.7. The summed E-state index contributed by atoms with van der Waals surface area (Å²) >= 11 is 1.88. The molecule has 0 aliphatic carbocycles. The Labute approximate surface area is 220 Å². The highest BCUT2D eigenvalue weighted by molar-refractivity contribution is 7.26. The van der Waals surface area contributed by atoms with Gasteiger partial charge in [0, 0.05) is 31.4 Å². The van der Waals surface area contributed by atoms with E-state index in [1.807, 2.05) is 11.3 Å². The van der Waals surface area contributed by atoms with Crippen LogP contribution in [0.3, 0.4) is 0 Å². The van der Waals surface area contributed by atoms with Crippen LogP contribution in [0.4, 0.5) is 0 Å². The second-order valence-electron chi connectivity index (χ2n) is 9.87. The van der Waals surface area contributed by atoms with Gasteiger partial charge in [0.1, 0.15) is 5.82 Å². The summed E-state index contributed by atoms with van der Waals surface area (Å²) in [6.45, 7) is 4.53. The summed E-state index contributed by atoms with van der Waals surface area (Å²) in [7, 11) is 0. The molecule has 0 aliphatic rings. The molecule has 5 aromatic carbocycles. The minimum atomic E-state index is 0.398. The molecule has 3 heteroatoms. The van der Waals surface area contributed by atoms with Gasteiger partial charge in [-0.25, -0.2) is 4.98 Å². The van der Waals surface area contributed by atoms with Gasteiger partial charge in [0.2, 0.25) is 0 Å². The number of nitrogens with zero attached hydrogens (tertiary/aromatic N) is 2. The van der Waals surface area contributed by atoms with E-state index in [9.17, 15) is 0 Å². The van der Waals surface area contributed by atoms with Gasteiger partial charge in [0.05, 0.1) is 11.0 Å². The van der Waals surface area contributed by atoms with Crippen molar-refractivity contribution in [2.24, 2.45) is 0 Å². The van der Waals surface area contributed by atoms with Crippen molar-refractivity contribution in [2.45, 2.75) is 19.8 Å². The predicted molar refractivity (Wildman–Crippen MR) is 159 cm³/mol. The fraction of sp³-hybridized carbons (Fsp3) is 0.0882. The summed E-state index contributed by atoms with van der Waals surface area (Å²) in [4.78, 5) is 5.16. The molecule has 0 atom stereocenters. The van der Waals surface area contributed by atoms with E-state index in [-0.39, 0.29) is 0 Å². The third kappa shape index (κ3) is 3.66. The van der Waals surface area contributed by atoms with Gasteiger partial charge in [-0.3, -0.25) is 4.57 Å². The highest BCUT2D eigenvalue weighted by Crippen LogP contribution is 2.41. The average Bonchev–Trinajstić information content (AvgIpc) is 3.52. The van der Waals surface area contributed by atoms with Crippen LogP contribution < -0.4 is 0 Å². The van der Waals surface area contributed by atoms with Crippen LogP contribution in [0.25, 0.3) is 59.4 Å². The molecular formula is C34H26N2S. The Morgan fingerprint density at radius 3 is 2.27 bits per heavy atom. The van der Waals surface area contributed by atoms with Gasteiger partial charge >= 0.3 is 0 Å². The van der Waals surface area contributed by atoms with Crippen LogP contribution in [0.2, 0.25) is 0 Å². The molecule has 0 amide bonds. The maximum absolute atomic E-state index is 5.16. The quantitative estimate of drug-likeness (QED) is 0.238. The van der Waals surface area contributed by atoms with E-state index in [0.717, 1.165) is 28.1 Å². The van der Waals surface area contributed by atoms with Crippen LogP contribution in [-0.2, 0) is 0 Å². The van der Waals surface area contributed by atoms with E-state index in [2.05, 4.69) is 134 Å². The number of para-hydroxylation sites is 3. The molecule has 178 valence electrons. The predicted octanol–water partition coefficient (Wildman–Crippen LogP) is 9.85. The van der Waals surface area contributed by atoms with Crippen LogP contribution in [0.1, 0.15) is 25.3 Å². The maximum Gasteiger partial charge on any atom is 0.145 e. The van der Waals surface area contributed by atoms with Crippen LogP contribution >= 0.6 is 11.3 Å². The molecule has 7 aromatic rings. The van der Waals surface area contributed by atoms with Crippen molar-refractivity contribution >= 4 is 42.5 Å². The molecule has 0 bridgehead atoms. The lowest BCUT2D eigenvalue weighted by molar-refractivity contribution is 0.867. The molecule has 0 unspecified atom stereocenters. The van der Waals surface area contributed by atoms with Crippen molar-refractivity contribution in [3.63, 3.8) is 0 Å². The first-order valence-corrected chi connectivity index (χ1v) is 13.6. The van der Waals surface area contributed by atoms with Gasteiger partial charge in [-0.05, 0) is 65.1 Å². The second kappa shape index (κ2) is 8.72. The fourth-order valence-corrected chi connectivity index (χ4v) is 6.54. The van der Waals surface area contributed by atoms with Crippen LogP contribution in [0, 0.1) is 0 Å². The van der Waals surface area contributed by atoms with Gasteiger partial charge in [-0.1, -0.05) is 86.6 Å². The minimum Gasteiger partial charge on any atom is -0.292 e. The Hall–Kier alpha value is -4.21. The number of benzene rings is 5. The third-order valence-electron chi connectivity index (χ3n) is 7.17. The molecule has 0 saturated heterocycles. The second-order valence-corrected chi connectivity index (χ2v) is 10.9. The first kappa shape index (κ1) is 22.0. The van der Waals surface area contributed by atoms with Crippen LogP contribution in [0.5, 0.6) is 0 Å². The SMILES string of the molecule is CC(C)c1cc(-c2cccc3c2sc2ccccc23)cc(-c2nc3ccccc3n2-c2ccccc2)c1. The first-order chi connectivity index (χ1) is 18.2. The average molecular weight is 495 g/mol. The molecule has 0 saturated carbocycles. The van der Waals surface area contributed by atoms with Crippen molar-refractivity contribution < 1.29 is 0 Å². The molecule has 0 fully saturated rings. The van der Waals surface area contributed by atoms with Crippen LogP contribution in [0.15, 0.2) is 115 Å². The van der Waals surface area contributed by atoms with Gasteiger partial charge in [0.25, 0.3) is 0 Å². The van der Waals surface area contributed by atoms with Gasteiger partial charge in [-0.15, -0.1) is 11.3 Å². The van der Waals surface area contributed by atoms with E-state index in [1.165, 1.54) is 36.9 Å². The number of aromatic nitrogens is 2. The lowest BCUT2D eigenvalue weighted by Gasteiger charge is -2.15. The van der Waals surface area contributed by atoms with E-state index < -0.39 is 0 Å². The van der Waals surface area contributed by atoms with Crippen molar-refractivity contribution in [1.29, 1.82) is 0 Å². The standard InChI is InChI=1S/C34H26N2S/c1-22(2)23-19-24(27-14-10-15-29-28-13-6-9-18-32(28)37-33(27)29)21-25(20-23)34-35-30-16-7-8-17-31(30)36(34)26-11-4-3-5-12-26/h3-22H,1-2H3. The number of hydrogen-bond donors (Lipinski definition) is 0. The molecule has 37 heavy (non-hydrogen) atoms. The number of thiophene rings is 1. The maximum atomic E-state index is 5.16. The highest BCUT2D eigenvalue weighted by atomic mass is 32.1. The summed E-state index contributed by atoms with van der Waals surface area (Å²) in [6.07, 6.45) is 0. The van der Waals surface area contributed by atoms with E-state index in [1.54, 1.807) is 0 Å². The van der Waals surface area contributed by atoms with E-state index in [0.29, 0.717) is 5.92 Å². The summed E-state index contributed by atoms with van der Waals surface area (Å²) in [6, 6.07) is 41.4. The van der Waals surface area contributed by atoms with E-state index >= 15 is 0 Å². The van der Waals surface area contributed by atoms with Crippen LogP contribution in [-0.4, -0.2) is 9.55 Å². The topological polar surface area (TPSA) is 17.8 Å². The Kier molecular flexibility index (Phi) is 5.19. The minimum absolute atomic E-state index is 0.398. The molecule has 0 N–H and O–H groups in total. The van der Waals surface area contributed by atoms with Gasteiger partial charge < -0.3 is 0 Å². The Bertz CT molecular complexity index is 1910. The molecule has 2 nitrogen and oxygen atoms in total. The number of hydrogen-bond acceptors (Lipinski definition) is 2. The zero-order chi connectivity index (χ0) is 24.9. The highest BCUT2D eigenvalue weighted by Gasteiger charge is 2.18. The number of imidazole rings is 1. The normalized spacial score (nSPS) is 11.8. The van der Waals surface area contributed by atoms with E-state index in [4.69, 9.17) is 4.98 Å². The molecule has 0 spiro atoms. The van der Waals surface area contributed by atoms with Crippen molar-refractivity contribution in [1.82, 2.24) is 9.55 Å². The molecule has 0 radical (unpaired) electrons. The fourth-order valence-electron chi connectivity index (χ4n) is 5.30.